The molecule has 0 aliphatic heterocycles. The predicted molar refractivity (Wildman–Crippen MR) is 147 cm³/mol. The number of aromatic nitrogens is 1. The largest absolute Gasteiger partial charge is 0.496 e. The molecule has 0 aliphatic rings. The molecular weight excluding hydrogens is 544 g/mol. The van der Waals surface area contributed by atoms with Gasteiger partial charge in [-0.3, -0.25) is 9.59 Å². The van der Waals surface area contributed by atoms with Gasteiger partial charge in [0.1, 0.15) is 22.2 Å². The topological polar surface area (TPSA) is 147 Å². The lowest BCUT2D eigenvalue weighted by Crippen LogP contribution is -2.41. The molecule has 39 heavy (non-hydrogen) atoms. The number of nitrogens with zero attached hydrogens (tertiary/aromatic N) is 2. The second-order valence-corrected chi connectivity index (χ2v) is 10.9. The summed E-state index contributed by atoms with van der Waals surface area (Å²) in [5.74, 6) is -0.146. The van der Waals surface area contributed by atoms with E-state index in [1.54, 1.807) is 17.0 Å². The Morgan fingerprint density at radius 1 is 1.10 bits per heavy atom. The summed E-state index contributed by atoms with van der Waals surface area (Å²) in [7, 11) is -1.10. The van der Waals surface area contributed by atoms with E-state index in [1.807, 2.05) is 46.7 Å². The highest BCUT2D eigenvalue weighted by Gasteiger charge is 2.23. The number of nitrogens with one attached hydrogen (secondary N) is 2. The van der Waals surface area contributed by atoms with Gasteiger partial charge in [0.25, 0.3) is 11.8 Å². The Morgan fingerprint density at radius 2 is 1.77 bits per heavy atom. The van der Waals surface area contributed by atoms with Gasteiger partial charge >= 0.3 is 10.2 Å². The molecule has 13 heteroatoms. The fraction of sp³-hybridized carbons (Fsp3) is 0.346. The van der Waals surface area contributed by atoms with Gasteiger partial charge in [-0.05, 0) is 37.5 Å². The Labute approximate surface area is 232 Å². The van der Waals surface area contributed by atoms with Gasteiger partial charge in [0.15, 0.2) is 0 Å². The maximum absolute atomic E-state index is 13.7. The van der Waals surface area contributed by atoms with E-state index < -0.39 is 22.7 Å². The number of rotatable bonds is 14. The number of amides is 2. The van der Waals surface area contributed by atoms with E-state index >= 15 is 0 Å². The Morgan fingerprint density at radius 3 is 2.38 bits per heavy atom. The third kappa shape index (κ3) is 8.48. The SMILES string of the molecule is COc1cc(C(=O)N(CCCc2ccccc2)Cc2nc(C(=O)NS(=O)(=O)NCCO)cs2)cc(OC)c1C. The molecule has 0 saturated heterocycles. The molecule has 0 fully saturated rings. The molecule has 3 rings (SSSR count). The summed E-state index contributed by atoms with van der Waals surface area (Å²) in [4.78, 5) is 32.0. The highest BCUT2D eigenvalue weighted by atomic mass is 32.2. The second kappa shape index (κ2) is 14.0. The van der Waals surface area contributed by atoms with Crippen LogP contribution in [0.1, 0.15) is 43.4 Å². The molecule has 3 N–H and O–H groups in total. The van der Waals surface area contributed by atoms with E-state index in [4.69, 9.17) is 14.6 Å². The number of carbonyl (C=O) groups excluding carboxylic acids is 2. The maximum Gasteiger partial charge on any atom is 0.301 e. The van der Waals surface area contributed by atoms with Crippen LogP contribution >= 0.6 is 11.3 Å². The van der Waals surface area contributed by atoms with E-state index in [-0.39, 0.29) is 24.7 Å². The van der Waals surface area contributed by atoms with Crippen LogP contribution in [0.15, 0.2) is 47.8 Å². The van der Waals surface area contributed by atoms with Crippen molar-refractivity contribution in [2.24, 2.45) is 0 Å². The van der Waals surface area contributed by atoms with Gasteiger partial charge < -0.3 is 19.5 Å². The van der Waals surface area contributed by atoms with Gasteiger partial charge in [-0.1, -0.05) is 30.3 Å². The number of ether oxygens (including phenoxy) is 2. The van der Waals surface area contributed by atoms with Gasteiger partial charge in [-0.25, -0.2) is 9.71 Å². The monoisotopic (exact) mass is 576 g/mol. The molecule has 3 aromatic rings. The van der Waals surface area contributed by atoms with Crippen molar-refractivity contribution in [2.75, 3.05) is 33.9 Å². The fourth-order valence-electron chi connectivity index (χ4n) is 3.80. The lowest BCUT2D eigenvalue weighted by molar-refractivity contribution is 0.0740. The highest BCUT2D eigenvalue weighted by Crippen LogP contribution is 2.30. The van der Waals surface area contributed by atoms with Crippen LogP contribution in [0.25, 0.3) is 0 Å². The van der Waals surface area contributed by atoms with Crippen LogP contribution in [-0.4, -0.2) is 69.1 Å². The van der Waals surface area contributed by atoms with Crippen molar-refractivity contribution >= 4 is 33.4 Å². The van der Waals surface area contributed by atoms with Crippen molar-refractivity contribution in [1.82, 2.24) is 19.3 Å². The Bertz CT molecular complexity index is 1350. The van der Waals surface area contributed by atoms with Crippen LogP contribution in [0.3, 0.4) is 0 Å². The molecule has 2 aromatic carbocycles. The zero-order valence-corrected chi connectivity index (χ0v) is 23.6. The van der Waals surface area contributed by atoms with Crippen molar-refractivity contribution in [3.8, 4) is 11.5 Å². The summed E-state index contributed by atoms with van der Waals surface area (Å²) >= 11 is 1.14. The first kappa shape index (κ1) is 30.0. The minimum atomic E-state index is -4.14. The van der Waals surface area contributed by atoms with Crippen LogP contribution < -0.4 is 18.9 Å². The average molecular weight is 577 g/mol. The molecule has 1 heterocycles. The van der Waals surface area contributed by atoms with Gasteiger partial charge in [-0.15, -0.1) is 11.3 Å². The number of thiazole rings is 1. The smallest absolute Gasteiger partial charge is 0.301 e. The quantitative estimate of drug-likeness (QED) is 0.265. The van der Waals surface area contributed by atoms with Crippen LogP contribution in [0.2, 0.25) is 0 Å². The van der Waals surface area contributed by atoms with Crippen molar-refractivity contribution in [3.05, 3.63) is 75.2 Å². The van der Waals surface area contributed by atoms with Crippen molar-refractivity contribution in [2.45, 2.75) is 26.3 Å². The Hall–Kier alpha value is -3.52. The second-order valence-electron chi connectivity index (χ2n) is 8.50. The van der Waals surface area contributed by atoms with E-state index in [0.717, 1.165) is 28.9 Å². The first-order chi connectivity index (χ1) is 18.7. The number of aliphatic hydroxyl groups excluding tert-OH is 1. The molecular formula is C26H32N4O7S2. The van der Waals surface area contributed by atoms with Crippen LogP contribution in [-0.2, 0) is 23.2 Å². The number of hydrogen-bond acceptors (Lipinski definition) is 9. The van der Waals surface area contributed by atoms with E-state index in [9.17, 15) is 18.0 Å². The highest BCUT2D eigenvalue weighted by molar-refractivity contribution is 7.88. The molecule has 210 valence electrons. The van der Waals surface area contributed by atoms with Crippen molar-refractivity contribution in [1.29, 1.82) is 0 Å². The van der Waals surface area contributed by atoms with Crippen LogP contribution in [0.5, 0.6) is 11.5 Å². The molecule has 0 saturated carbocycles. The number of aryl methyl sites for hydroxylation is 1. The predicted octanol–water partition coefficient (Wildman–Crippen LogP) is 2.30. The molecule has 0 atom stereocenters. The molecule has 0 aliphatic carbocycles. The number of methoxy groups -OCH3 is 2. The average Bonchev–Trinajstić information content (AvgIpc) is 3.40. The number of aliphatic hydroxyl groups is 1. The molecule has 0 unspecified atom stereocenters. The Kier molecular flexibility index (Phi) is 10.8. The minimum absolute atomic E-state index is 0.0975. The van der Waals surface area contributed by atoms with Gasteiger partial charge in [0, 0.05) is 29.6 Å². The van der Waals surface area contributed by atoms with Gasteiger partial charge in [-0.2, -0.15) is 13.1 Å². The van der Waals surface area contributed by atoms with Gasteiger partial charge in [0.05, 0.1) is 27.4 Å². The minimum Gasteiger partial charge on any atom is -0.496 e. The van der Waals surface area contributed by atoms with Gasteiger partial charge in [0.2, 0.25) is 0 Å². The lowest BCUT2D eigenvalue weighted by Gasteiger charge is -2.23. The zero-order valence-electron chi connectivity index (χ0n) is 22.0. The normalized spacial score (nSPS) is 11.2. The Balaban J connectivity index is 1.81. The molecule has 1 aromatic heterocycles. The molecule has 11 nitrogen and oxygen atoms in total. The summed E-state index contributed by atoms with van der Waals surface area (Å²) in [6, 6.07) is 13.2. The number of benzene rings is 2. The summed E-state index contributed by atoms with van der Waals surface area (Å²) < 4.78 is 38.6. The number of carbonyl (C=O) groups is 2. The van der Waals surface area contributed by atoms with Crippen LogP contribution in [0.4, 0.5) is 0 Å². The molecule has 2 amide bonds. The summed E-state index contributed by atoms with van der Waals surface area (Å²) in [6.07, 6.45) is 1.44. The third-order valence-electron chi connectivity index (χ3n) is 5.76. The lowest BCUT2D eigenvalue weighted by atomic mass is 10.1. The van der Waals surface area contributed by atoms with Crippen LogP contribution in [0, 0.1) is 6.92 Å². The van der Waals surface area contributed by atoms with E-state index in [0.29, 0.717) is 35.0 Å². The molecule has 0 bridgehead atoms. The van der Waals surface area contributed by atoms with Crippen molar-refractivity contribution in [3.63, 3.8) is 0 Å². The first-order valence-corrected chi connectivity index (χ1v) is 14.5. The molecule has 0 spiro atoms. The number of hydrogen-bond donors (Lipinski definition) is 3. The fourth-order valence-corrected chi connectivity index (χ4v) is 5.37. The third-order valence-corrected chi connectivity index (χ3v) is 7.64. The summed E-state index contributed by atoms with van der Waals surface area (Å²) in [5.41, 5.74) is 2.20. The maximum atomic E-state index is 13.7. The summed E-state index contributed by atoms with van der Waals surface area (Å²) in [6.45, 7) is 1.71. The first-order valence-electron chi connectivity index (χ1n) is 12.1. The molecule has 0 radical (unpaired) electrons. The van der Waals surface area contributed by atoms with E-state index in [2.05, 4.69) is 4.98 Å². The van der Waals surface area contributed by atoms with Crippen molar-refractivity contribution < 1.29 is 32.6 Å². The standard InChI is InChI=1S/C26H32N4O7S2/c1-18-22(36-2)14-20(15-23(18)37-3)26(33)30(12-7-10-19-8-5-4-6-9-19)16-24-28-21(17-38-24)25(32)29-39(34,35)27-11-13-31/h4-6,8-9,14-15,17,27,31H,7,10-13,16H2,1-3H3,(H,29,32). The van der Waals surface area contributed by atoms with E-state index in [1.165, 1.54) is 19.6 Å². The zero-order chi connectivity index (χ0) is 28.4. The summed E-state index contributed by atoms with van der Waals surface area (Å²) in [5, 5.41) is 10.7.